The van der Waals surface area contributed by atoms with Gasteiger partial charge in [-0.25, -0.2) is 4.79 Å². The summed E-state index contributed by atoms with van der Waals surface area (Å²) < 4.78 is 17.0. The van der Waals surface area contributed by atoms with Crippen LogP contribution in [0.2, 0.25) is 0 Å². The molecule has 0 aromatic heterocycles. The predicted molar refractivity (Wildman–Crippen MR) is 87.0 cm³/mol. The SMILES string of the molecule is COc1cccc(C)c1NC(=O)N1CCO[C@]2(CCO[C@H]2C)C1. The number of urea groups is 1. The highest BCUT2D eigenvalue weighted by atomic mass is 16.6. The molecule has 2 atom stereocenters. The zero-order valence-corrected chi connectivity index (χ0v) is 13.9. The minimum atomic E-state index is -0.370. The van der Waals surface area contributed by atoms with Crippen LogP contribution in [0.4, 0.5) is 10.5 Å². The number of nitrogens with one attached hydrogen (secondary N) is 1. The van der Waals surface area contributed by atoms with Crippen LogP contribution in [0, 0.1) is 6.92 Å². The van der Waals surface area contributed by atoms with Crippen molar-refractivity contribution in [3.63, 3.8) is 0 Å². The highest BCUT2D eigenvalue weighted by Crippen LogP contribution is 2.34. The van der Waals surface area contributed by atoms with Crippen molar-refractivity contribution in [1.82, 2.24) is 4.90 Å². The highest BCUT2D eigenvalue weighted by molar-refractivity contribution is 5.92. The van der Waals surface area contributed by atoms with Gasteiger partial charge in [-0.1, -0.05) is 12.1 Å². The molecular weight excluding hydrogens is 296 g/mol. The third kappa shape index (κ3) is 3.01. The molecular formula is C17H24N2O4. The van der Waals surface area contributed by atoms with Crippen LogP contribution in [0.1, 0.15) is 18.9 Å². The standard InChI is InChI=1S/C17H24N2O4/c1-12-5-4-6-14(21-3)15(12)18-16(20)19-8-10-23-17(11-19)7-9-22-13(17)2/h4-6,13H,7-11H2,1-3H3,(H,18,20)/t13-,17+/m0/s1. The Hall–Kier alpha value is -1.79. The van der Waals surface area contributed by atoms with Gasteiger partial charge in [-0.05, 0) is 25.5 Å². The van der Waals surface area contributed by atoms with Crippen molar-refractivity contribution in [1.29, 1.82) is 0 Å². The van der Waals surface area contributed by atoms with Crippen molar-refractivity contribution in [2.24, 2.45) is 0 Å². The fourth-order valence-electron chi connectivity index (χ4n) is 3.30. The lowest BCUT2D eigenvalue weighted by atomic mass is 9.94. The quantitative estimate of drug-likeness (QED) is 0.909. The summed E-state index contributed by atoms with van der Waals surface area (Å²) in [5.41, 5.74) is 1.32. The van der Waals surface area contributed by atoms with Gasteiger partial charge in [0.25, 0.3) is 0 Å². The molecule has 2 amide bonds. The Bertz CT molecular complexity index is 592. The van der Waals surface area contributed by atoms with Gasteiger partial charge in [0, 0.05) is 19.6 Å². The minimum absolute atomic E-state index is 0.00565. The van der Waals surface area contributed by atoms with E-state index >= 15 is 0 Å². The summed E-state index contributed by atoms with van der Waals surface area (Å²) in [7, 11) is 1.60. The van der Waals surface area contributed by atoms with E-state index in [0.29, 0.717) is 32.1 Å². The van der Waals surface area contributed by atoms with E-state index in [0.717, 1.165) is 17.7 Å². The van der Waals surface area contributed by atoms with E-state index in [1.807, 2.05) is 32.0 Å². The van der Waals surface area contributed by atoms with Crippen LogP contribution in [0.15, 0.2) is 18.2 Å². The molecule has 2 aliphatic heterocycles. The number of aryl methyl sites for hydroxylation is 1. The summed E-state index contributed by atoms with van der Waals surface area (Å²) in [5.74, 6) is 0.666. The Morgan fingerprint density at radius 3 is 2.96 bits per heavy atom. The molecule has 2 aliphatic rings. The van der Waals surface area contributed by atoms with Crippen molar-refractivity contribution in [2.45, 2.75) is 32.0 Å². The molecule has 2 fully saturated rings. The number of carbonyl (C=O) groups is 1. The fraction of sp³-hybridized carbons (Fsp3) is 0.588. The molecule has 0 aliphatic carbocycles. The number of para-hydroxylation sites is 1. The van der Waals surface area contributed by atoms with Crippen LogP contribution in [-0.2, 0) is 9.47 Å². The number of hydrogen-bond acceptors (Lipinski definition) is 4. The maximum absolute atomic E-state index is 12.7. The Labute approximate surface area is 136 Å². The number of ether oxygens (including phenoxy) is 3. The zero-order valence-electron chi connectivity index (χ0n) is 13.9. The molecule has 23 heavy (non-hydrogen) atoms. The molecule has 0 radical (unpaired) electrons. The lowest BCUT2D eigenvalue weighted by molar-refractivity contribution is -0.124. The van der Waals surface area contributed by atoms with E-state index in [1.54, 1.807) is 12.0 Å². The summed E-state index contributed by atoms with van der Waals surface area (Å²) in [6.07, 6.45) is 0.831. The number of amides is 2. The Morgan fingerprint density at radius 1 is 1.43 bits per heavy atom. The molecule has 1 N–H and O–H groups in total. The van der Waals surface area contributed by atoms with Crippen molar-refractivity contribution in [3.8, 4) is 5.75 Å². The molecule has 0 bridgehead atoms. The molecule has 3 rings (SSSR count). The number of rotatable bonds is 2. The average molecular weight is 320 g/mol. The topological polar surface area (TPSA) is 60.0 Å². The molecule has 1 aromatic rings. The number of morpholine rings is 1. The first kappa shape index (κ1) is 16.1. The summed E-state index contributed by atoms with van der Waals surface area (Å²) in [6, 6.07) is 5.58. The monoisotopic (exact) mass is 320 g/mol. The van der Waals surface area contributed by atoms with E-state index in [-0.39, 0.29) is 17.7 Å². The van der Waals surface area contributed by atoms with Crippen LogP contribution in [-0.4, -0.2) is 56.0 Å². The van der Waals surface area contributed by atoms with Crippen LogP contribution >= 0.6 is 0 Å². The second-order valence-corrected chi connectivity index (χ2v) is 6.18. The Balaban J connectivity index is 1.74. The van der Waals surface area contributed by atoms with Crippen molar-refractivity contribution in [2.75, 3.05) is 38.7 Å². The lowest BCUT2D eigenvalue weighted by Crippen LogP contribution is -2.57. The van der Waals surface area contributed by atoms with Gasteiger partial charge in [0.15, 0.2) is 0 Å². The minimum Gasteiger partial charge on any atom is -0.495 e. The summed E-state index contributed by atoms with van der Waals surface area (Å²) in [6.45, 7) is 6.31. The van der Waals surface area contributed by atoms with Crippen LogP contribution < -0.4 is 10.1 Å². The third-order valence-corrected chi connectivity index (χ3v) is 4.82. The molecule has 2 heterocycles. The largest absolute Gasteiger partial charge is 0.495 e. The number of carbonyl (C=O) groups excluding carboxylic acids is 1. The van der Waals surface area contributed by atoms with E-state index in [4.69, 9.17) is 14.2 Å². The van der Waals surface area contributed by atoms with Gasteiger partial charge in [-0.3, -0.25) is 0 Å². The Morgan fingerprint density at radius 2 is 2.26 bits per heavy atom. The molecule has 0 unspecified atom stereocenters. The number of nitrogens with zero attached hydrogens (tertiary/aromatic N) is 1. The maximum Gasteiger partial charge on any atom is 0.322 e. The molecule has 2 saturated heterocycles. The van der Waals surface area contributed by atoms with Gasteiger partial charge >= 0.3 is 6.03 Å². The van der Waals surface area contributed by atoms with Gasteiger partial charge < -0.3 is 24.4 Å². The molecule has 0 saturated carbocycles. The number of benzene rings is 1. The average Bonchev–Trinajstić information content (AvgIpc) is 2.89. The lowest BCUT2D eigenvalue weighted by Gasteiger charge is -2.42. The molecule has 1 aromatic carbocycles. The summed E-state index contributed by atoms with van der Waals surface area (Å²) >= 11 is 0. The number of hydrogen-bond donors (Lipinski definition) is 1. The van der Waals surface area contributed by atoms with Gasteiger partial charge in [0.2, 0.25) is 0 Å². The van der Waals surface area contributed by atoms with Crippen molar-refractivity contribution < 1.29 is 19.0 Å². The van der Waals surface area contributed by atoms with Gasteiger partial charge in [-0.15, -0.1) is 0 Å². The van der Waals surface area contributed by atoms with E-state index < -0.39 is 0 Å². The van der Waals surface area contributed by atoms with E-state index in [1.165, 1.54) is 0 Å². The first-order valence-corrected chi connectivity index (χ1v) is 8.01. The normalized spacial score (nSPS) is 27.3. The molecule has 6 heteroatoms. The van der Waals surface area contributed by atoms with E-state index in [2.05, 4.69) is 5.32 Å². The van der Waals surface area contributed by atoms with Crippen molar-refractivity contribution in [3.05, 3.63) is 23.8 Å². The summed E-state index contributed by atoms with van der Waals surface area (Å²) in [4.78, 5) is 14.5. The fourth-order valence-corrected chi connectivity index (χ4v) is 3.30. The summed E-state index contributed by atoms with van der Waals surface area (Å²) in [5, 5.41) is 2.99. The van der Waals surface area contributed by atoms with Crippen LogP contribution in [0.5, 0.6) is 5.75 Å². The van der Waals surface area contributed by atoms with Gasteiger partial charge in [0.1, 0.15) is 11.4 Å². The Kier molecular flexibility index (Phi) is 4.46. The van der Waals surface area contributed by atoms with Crippen LogP contribution in [0.25, 0.3) is 0 Å². The maximum atomic E-state index is 12.7. The highest BCUT2D eigenvalue weighted by Gasteiger charge is 2.47. The molecule has 126 valence electrons. The van der Waals surface area contributed by atoms with Crippen LogP contribution in [0.3, 0.4) is 0 Å². The zero-order chi connectivity index (χ0) is 16.4. The number of anilines is 1. The molecule has 6 nitrogen and oxygen atoms in total. The smallest absolute Gasteiger partial charge is 0.322 e. The second-order valence-electron chi connectivity index (χ2n) is 6.18. The third-order valence-electron chi connectivity index (χ3n) is 4.82. The predicted octanol–water partition coefficient (Wildman–Crippen LogP) is 2.42. The second kappa shape index (κ2) is 6.37. The molecule has 1 spiro atoms. The van der Waals surface area contributed by atoms with Gasteiger partial charge in [0.05, 0.1) is 32.1 Å². The van der Waals surface area contributed by atoms with Gasteiger partial charge in [-0.2, -0.15) is 0 Å². The first-order chi connectivity index (χ1) is 11.1. The first-order valence-electron chi connectivity index (χ1n) is 8.01. The number of methoxy groups -OCH3 is 1. The van der Waals surface area contributed by atoms with Crippen molar-refractivity contribution >= 4 is 11.7 Å². The van der Waals surface area contributed by atoms with E-state index in [9.17, 15) is 4.79 Å².